The van der Waals surface area contributed by atoms with Gasteiger partial charge >= 0.3 is 0 Å². The van der Waals surface area contributed by atoms with E-state index in [1.54, 1.807) is 6.20 Å². The van der Waals surface area contributed by atoms with Crippen LogP contribution in [0.5, 0.6) is 0 Å². The number of hydrogen-bond acceptors (Lipinski definition) is 3. The monoisotopic (exact) mass is 301 g/mol. The van der Waals surface area contributed by atoms with Gasteiger partial charge in [-0.2, -0.15) is 0 Å². The maximum atomic E-state index is 13.5. The molecule has 1 N–H and O–H groups in total. The third-order valence-corrected chi connectivity index (χ3v) is 3.64. The summed E-state index contributed by atoms with van der Waals surface area (Å²) in [6, 6.07) is 1.43. The second-order valence-electron chi connectivity index (χ2n) is 4.61. The van der Waals surface area contributed by atoms with Gasteiger partial charge in [0, 0.05) is 17.2 Å². The molecule has 1 aliphatic rings. The van der Waals surface area contributed by atoms with E-state index in [2.05, 4.69) is 38.2 Å². The van der Waals surface area contributed by atoms with Gasteiger partial charge in [0.25, 0.3) is 0 Å². The Hall–Kier alpha value is -0.680. The van der Waals surface area contributed by atoms with Crippen molar-refractivity contribution in [2.24, 2.45) is 5.92 Å². The molecule has 0 aromatic carbocycles. The molecule has 0 bridgehead atoms. The first kappa shape index (κ1) is 12.8. The lowest BCUT2D eigenvalue weighted by molar-refractivity contribution is 0.226. The first-order valence-corrected chi connectivity index (χ1v) is 6.68. The number of anilines is 1. The number of nitrogens with one attached hydrogen (secondary N) is 1. The highest BCUT2D eigenvalue weighted by Gasteiger charge is 2.16. The minimum atomic E-state index is -0.299. The first-order valence-electron chi connectivity index (χ1n) is 5.88. The second-order valence-corrected chi connectivity index (χ2v) is 5.53. The maximum absolute atomic E-state index is 13.5. The Kier molecular flexibility index (Phi) is 4.34. The Morgan fingerprint density at radius 2 is 2.24 bits per heavy atom. The van der Waals surface area contributed by atoms with Gasteiger partial charge in [0.1, 0.15) is 0 Å². The van der Waals surface area contributed by atoms with Crippen molar-refractivity contribution in [3.05, 3.63) is 22.6 Å². The summed E-state index contributed by atoms with van der Waals surface area (Å²) in [5.41, 5.74) is 0. The molecule has 0 saturated carbocycles. The van der Waals surface area contributed by atoms with Gasteiger partial charge in [-0.3, -0.25) is 0 Å². The third-order valence-electron chi connectivity index (χ3n) is 3.20. The summed E-state index contributed by atoms with van der Waals surface area (Å²) < 4.78 is 14.2. The minimum Gasteiger partial charge on any atom is -0.367 e. The lowest BCUT2D eigenvalue weighted by atomic mass is 9.97. The molecule has 0 unspecified atom stereocenters. The molecule has 17 heavy (non-hydrogen) atoms. The zero-order valence-corrected chi connectivity index (χ0v) is 11.5. The lowest BCUT2D eigenvalue weighted by Crippen LogP contribution is -2.33. The molecule has 2 rings (SSSR count). The van der Waals surface area contributed by atoms with Gasteiger partial charge in [-0.05, 0) is 60.9 Å². The van der Waals surface area contributed by atoms with E-state index in [9.17, 15) is 4.39 Å². The molecule has 1 saturated heterocycles. The molecule has 1 fully saturated rings. The summed E-state index contributed by atoms with van der Waals surface area (Å²) in [7, 11) is 2.14. The van der Waals surface area contributed by atoms with Gasteiger partial charge in [0.15, 0.2) is 11.6 Å². The van der Waals surface area contributed by atoms with Crippen LogP contribution >= 0.6 is 15.9 Å². The van der Waals surface area contributed by atoms with Crippen molar-refractivity contribution in [2.45, 2.75) is 12.8 Å². The summed E-state index contributed by atoms with van der Waals surface area (Å²) in [5.74, 6) is 0.676. The number of aromatic nitrogens is 1. The Morgan fingerprint density at radius 3 is 2.88 bits per heavy atom. The van der Waals surface area contributed by atoms with E-state index >= 15 is 0 Å². The highest BCUT2D eigenvalue weighted by atomic mass is 79.9. The molecule has 1 aromatic heterocycles. The van der Waals surface area contributed by atoms with E-state index in [0.29, 0.717) is 16.2 Å². The molecule has 1 aromatic rings. The quantitative estimate of drug-likeness (QED) is 0.930. The summed E-state index contributed by atoms with van der Waals surface area (Å²) in [4.78, 5) is 6.36. The van der Waals surface area contributed by atoms with Gasteiger partial charge in [-0.25, -0.2) is 9.37 Å². The molecule has 0 aliphatic carbocycles. The number of hydrogen-bond donors (Lipinski definition) is 1. The smallest absolute Gasteiger partial charge is 0.166 e. The number of likely N-dealkylation sites (tertiary alicyclic amines) is 1. The van der Waals surface area contributed by atoms with Crippen molar-refractivity contribution < 1.29 is 4.39 Å². The van der Waals surface area contributed by atoms with E-state index in [1.807, 2.05) is 0 Å². The van der Waals surface area contributed by atoms with Crippen LogP contribution in [0.3, 0.4) is 0 Å². The summed E-state index contributed by atoms with van der Waals surface area (Å²) in [6.45, 7) is 3.06. The van der Waals surface area contributed by atoms with E-state index < -0.39 is 0 Å². The van der Waals surface area contributed by atoms with Crippen molar-refractivity contribution in [1.29, 1.82) is 0 Å². The van der Waals surface area contributed by atoms with Crippen LogP contribution in [0, 0.1) is 11.7 Å². The highest BCUT2D eigenvalue weighted by molar-refractivity contribution is 9.10. The SMILES string of the molecule is CN1CCC(CNc2ncc(Br)cc2F)CC1. The average molecular weight is 302 g/mol. The number of nitrogens with zero attached hydrogens (tertiary/aromatic N) is 2. The third kappa shape index (κ3) is 3.64. The van der Waals surface area contributed by atoms with Gasteiger partial charge in [0.05, 0.1) is 0 Å². The molecule has 1 aliphatic heterocycles. The fourth-order valence-corrected chi connectivity index (χ4v) is 2.36. The van der Waals surface area contributed by atoms with E-state index in [4.69, 9.17) is 0 Å². The normalized spacial score (nSPS) is 18.3. The molecule has 3 nitrogen and oxygen atoms in total. The molecule has 94 valence electrons. The predicted octanol–water partition coefficient (Wildman–Crippen LogP) is 2.74. The fraction of sp³-hybridized carbons (Fsp3) is 0.583. The van der Waals surface area contributed by atoms with Crippen LogP contribution in [0.25, 0.3) is 0 Å². The van der Waals surface area contributed by atoms with Crippen LogP contribution in [0.15, 0.2) is 16.7 Å². The van der Waals surface area contributed by atoms with Crippen LogP contribution in [0.2, 0.25) is 0 Å². The van der Waals surface area contributed by atoms with Crippen molar-refractivity contribution in [1.82, 2.24) is 9.88 Å². The first-order chi connectivity index (χ1) is 8.15. The Labute approximate surface area is 110 Å². The predicted molar refractivity (Wildman–Crippen MR) is 70.6 cm³/mol. The molecular formula is C12H17BrFN3. The van der Waals surface area contributed by atoms with Crippen molar-refractivity contribution in [3.8, 4) is 0 Å². The zero-order chi connectivity index (χ0) is 12.3. The van der Waals surface area contributed by atoms with Gasteiger partial charge in [0.2, 0.25) is 0 Å². The van der Waals surface area contributed by atoms with E-state index in [1.165, 1.54) is 18.9 Å². The summed E-state index contributed by atoms with van der Waals surface area (Å²) in [5, 5.41) is 3.10. The van der Waals surface area contributed by atoms with Crippen LogP contribution < -0.4 is 5.32 Å². The largest absolute Gasteiger partial charge is 0.367 e. The topological polar surface area (TPSA) is 28.2 Å². The van der Waals surface area contributed by atoms with Crippen LogP contribution in [-0.2, 0) is 0 Å². The van der Waals surface area contributed by atoms with Crippen molar-refractivity contribution in [3.63, 3.8) is 0 Å². The Bertz CT molecular complexity index is 378. The van der Waals surface area contributed by atoms with E-state index in [-0.39, 0.29) is 5.82 Å². The Morgan fingerprint density at radius 1 is 1.53 bits per heavy atom. The minimum absolute atomic E-state index is 0.299. The van der Waals surface area contributed by atoms with Gasteiger partial charge < -0.3 is 10.2 Å². The van der Waals surface area contributed by atoms with Crippen molar-refractivity contribution in [2.75, 3.05) is 32.0 Å². The zero-order valence-electron chi connectivity index (χ0n) is 9.92. The van der Waals surface area contributed by atoms with Crippen LogP contribution in [0.4, 0.5) is 10.2 Å². The van der Waals surface area contributed by atoms with E-state index in [0.717, 1.165) is 19.6 Å². The number of piperidine rings is 1. The molecule has 5 heteroatoms. The number of rotatable bonds is 3. The molecule has 0 amide bonds. The second kappa shape index (κ2) is 5.78. The summed E-state index contributed by atoms with van der Waals surface area (Å²) in [6.07, 6.45) is 3.95. The number of halogens is 2. The molecule has 2 heterocycles. The van der Waals surface area contributed by atoms with Gasteiger partial charge in [-0.15, -0.1) is 0 Å². The van der Waals surface area contributed by atoms with Crippen LogP contribution in [-0.4, -0.2) is 36.6 Å². The fourth-order valence-electron chi connectivity index (χ4n) is 2.05. The van der Waals surface area contributed by atoms with Crippen molar-refractivity contribution >= 4 is 21.7 Å². The molecule has 0 radical (unpaired) electrons. The lowest BCUT2D eigenvalue weighted by Gasteiger charge is -2.29. The molecular weight excluding hydrogens is 285 g/mol. The van der Waals surface area contributed by atoms with Gasteiger partial charge in [-0.1, -0.05) is 0 Å². The Balaban J connectivity index is 1.85. The number of pyridine rings is 1. The standard InChI is InChI=1S/C12H17BrFN3/c1-17-4-2-9(3-5-17)7-15-12-11(14)6-10(13)8-16-12/h6,8-9H,2-5,7H2,1H3,(H,15,16). The van der Waals surface area contributed by atoms with Crippen LogP contribution in [0.1, 0.15) is 12.8 Å². The molecule has 0 spiro atoms. The molecule has 0 atom stereocenters. The summed E-state index contributed by atoms with van der Waals surface area (Å²) >= 11 is 3.19. The average Bonchev–Trinajstić information content (AvgIpc) is 2.30. The maximum Gasteiger partial charge on any atom is 0.166 e. The highest BCUT2D eigenvalue weighted by Crippen LogP contribution is 2.19.